The molecule has 2 aromatic rings. The average Bonchev–Trinajstić information content (AvgIpc) is 2.79. The summed E-state index contributed by atoms with van der Waals surface area (Å²) in [6.07, 6.45) is 2.73. The van der Waals surface area contributed by atoms with Gasteiger partial charge in [0.2, 0.25) is 0 Å². The van der Waals surface area contributed by atoms with Gasteiger partial charge < -0.3 is 22.1 Å². The number of fused-ring (bicyclic) bond motifs is 1. The van der Waals surface area contributed by atoms with Crippen LogP contribution in [0, 0.1) is 0 Å². The van der Waals surface area contributed by atoms with Crippen LogP contribution < -0.4 is 9.61 Å². The molecule has 1 unspecified atom stereocenters. The molecule has 0 aromatic heterocycles. The van der Waals surface area contributed by atoms with E-state index >= 15 is 0 Å². The third-order valence-electron chi connectivity index (χ3n) is 5.30. The predicted molar refractivity (Wildman–Crippen MR) is 128 cm³/mol. The van der Waals surface area contributed by atoms with Crippen LogP contribution in [0.4, 0.5) is 0 Å². The van der Waals surface area contributed by atoms with E-state index in [-0.39, 0.29) is 0 Å². The van der Waals surface area contributed by atoms with Gasteiger partial charge in [0, 0.05) is 42.7 Å². The van der Waals surface area contributed by atoms with Crippen LogP contribution in [0.3, 0.4) is 0 Å². The Labute approximate surface area is 188 Å². The molecule has 1 aliphatic rings. The fourth-order valence-electron chi connectivity index (χ4n) is 3.94. The molecule has 0 radical (unpaired) electrons. The third-order valence-corrected chi connectivity index (χ3v) is 11.5. The topological polar surface area (TPSA) is 46.2 Å². The molecule has 0 N–H and O–H groups in total. The van der Waals surface area contributed by atoms with Crippen molar-refractivity contribution in [3.8, 4) is 5.75 Å². The average molecular weight is 459 g/mol. The lowest BCUT2D eigenvalue weighted by Gasteiger charge is -2.36. The quantitative estimate of drug-likeness (QED) is 0.340. The van der Waals surface area contributed by atoms with Crippen LogP contribution in [0.2, 0.25) is 12.1 Å². The van der Waals surface area contributed by atoms with Gasteiger partial charge in [0.1, 0.15) is 5.75 Å². The Morgan fingerprint density at radius 1 is 1.00 bits per heavy atom. The van der Waals surface area contributed by atoms with Crippen LogP contribution >= 0.6 is 0 Å². The fraction of sp³-hybridized carbons (Fsp3) is 0.417. The van der Waals surface area contributed by atoms with Crippen molar-refractivity contribution in [1.82, 2.24) is 0 Å². The number of benzene rings is 2. The summed E-state index contributed by atoms with van der Waals surface area (Å²) in [6, 6.07) is 18.1. The minimum absolute atomic E-state index is 0.545. The first kappa shape index (κ1) is 23.9. The fourth-order valence-corrected chi connectivity index (χ4v) is 9.34. The summed E-state index contributed by atoms with van der Waals surface area (Å²) in [6.45, 7) is 12.2. The standard InChI is InChI=1S/C24H34O5Si2/c1-5-17-30(23-12-10-9-11-13-23)28-20-22-19-21(14-15-24(22)29-30)16-18-31(25-6-2,26-7-3)27-8-4/h5,9-15,19H,1,6-8,16-18,20H2,2-4H3. The van der Waals surface area contributed by atoms with Gasteiger partial charge in [-0.2, -0.15) is 0 Å². The Morgan fingerprint density at radius 2 is 1.68 bits per heavy atom. The first-order valence-electron chi connectivity index (χ1n) is 11.1. The van der Waals surface area contributed by atoms with Crippen molar-refractivity contribution in [3.63, 3.8) is 0 Å². The van der Waals surface area contributed by atoms with Gasteiger partial charge in [-0.3, -0.25) is 0 Å². The van der Waals surface area contributed by atoms with Gasteiger partial charge in [0.15, 0.2) is 0 Å². The lowest BCUT2D eigenvalue weighted by Crippen LogP contribution is -2.57. The summed E-state index contributed by atoms with van der Waals surface area (Å²) in [5.41, 5.74) is 2.29. The maximum Gasteiger partial charge on any atom is 0.501 e. The minimum Gasteiger partial charge on any atom is -0.517 e. The highest BCUT2D eigenvalue weighted by Gasteiger charge is 2.44. The maximum absolute atomic E-state index is 6.54. The molecule has 0 bridgehead atoms. The highest BCUT2D eigenvalue weighted by Crippen LogP contribution is 2.33. The van der Waals surface area contributed by atoms with Gasteiger partial charge >= 0.3 is 17.4 Å². The lowest BCUT2D eigenvalue weighted by atomic mass is 10.1. The largest absolute Gasteiger partial charge is 0.517 e. The Bertz CT molecular complexity index is 828. The van der Waals surface area contributed by atoms with Crippen molar-refractivity contribution < 1.29 is 22.1 Å². The molecular formula is C24H34O5Si2. The van der Waals surface area contributed by atoms with Crippen molar-refractivity contribution in [2.45, 2.75) is 45.9 Å². The lowest BCUT2D eigenvalue weighted by molar-refractivity contribution is 0.0714. The SMILES string of the molecule is C=CC[Si]1(c2ccccc2)OCc2cc(CC[Si](OCC)(OCC)OCC)ccc2O1. The summed E-state index contributed by atoms with van der Waals surface area (Å²) in [4.78, 5) is 0. The van der Waals surface area contributed by atoms with E-state index in [1.165, 1.54) is 5.56 Å². The Kier molecular flexibility index (Phi) is 8.65. The highest BCUT2D eigenvalue weighted by atomic mass is 28.4. The molecule has 2 aromatic carbocycles. The molecular weight excluding hydrogens is 424 g/mol. The van der Waals surface area contributed by atoms with Crippen LogP contribution in [-0.2, 0) is 30.7 Å². The molecule has 7 heteroatoms. The van der Waals surface area contributed by atoms with Crippen molar-refractivity contribution in [2.24, 2.45) is 0 Å². The molecule has 0 amide bonds. The Morgan fingerprint density at radius 3 is 2.29 bits per heavy atom. The molecule has 1 atom stereocenters. The highest BCUT2D eigenvalue weighted by molar-refractivity contribution is 6.82. The number of aryl methyl sites for hydroxylation is 1. The van der Waals surface area contributed by atoms with E-state index in [0.29, 0.717) is 32.5 Å². The summed E-state index contributed by atoms with van der Waals surface area (Å²) in [5.74, 6) is 0.912. The van der Waals surface area contributed by atoms with Gasteiger partial charge in [-0.1, -0.05) is 42.5 Å². The van der Waals surface area contributed by atoms with Gasteiger partial charge in [0.25, 0.3) is 0 Å². The monoisotopic (exact) mass is 458 g/mol. The summed E-state index contributed by atoms with van der Waals surface area (Å²) >= 11 is 0. The van der Waals surface area contributed by atoms with Crippen molar-refractivity contribution in [3.05, 3.63) is 72.3 Å². The van der Waals surface area contributed by atoms with Crippen LogP contribution in [0.5, 0.6) is 5.75 Å². The molecule has 3 rings (SSSR count). The van der Waals surface area contributed by atoms with E-state index in [1.54, 1.807) is 0 Å². The van der Waals surface area contributed by atoms with Gasteiger partial charge in [-0.15, -0.1) is 6.58 Å². The van der Waals surface area contributed by atoms with E-state index in [2.05, 4.69) is 36.9 Å². The van der Waals surface area contributed by atoms with Crippen LogP contribution in [-0.4, -0.2) is 37.2 Å². The Balaban J connectivity index is 1.77. The van der Waals surface area contributed by atoms with Crippen LogP contribution in [0.15, 0.2) is 61.2 Å². The number of rotatable bonds is 12. The molecule has 0 aliphatic carbocycles. The maximum atomic E-state index is 6.54. The second-order valence-electron chi connectivity index (χ2n) is 7.43. The molecule has 0 spiro atoms. The second kappa shape index (κ2) is 11.2. The summed E-state index contributed by atoms with van der Waals surface area (Å²) < 4.78 is 30.9. The molecule has 0 saturated heterocycles. The molecule has 1 heterocycles. The van der Waals surface area contributed by atoms with Gasteiger partial charge in [-0.05, 0) is 44.9 Å². The van der Waals surface area contributed by atoms with E-state index in [1.807, 2.05) is 45.0 Å². The van der Waals surface area contributed by atoms with Crippen LogP contribution in [0.1, 0.15) is 31.9 Å². The zero-order valence-corrected chi connectivity index (χ0v) is 20.9. The third kappa shape index (κ3) is 5.74. The van der Waals surface area contributed by atoms with Gasteiger partial charge in [0.05, 0.1) is 6.61 Å². The van der Waals surface area contributed by atoms with E-state index < -0.39 is 17.4 Å². The molecule has 0 saturated carbocycles. The van der Waals surface area contributed by atoms with Gasteiger partial charge in [-0.25, -0.2) is 0 Å². The first-order valence-corrected chi connectivity index (χ1v) is 15.1. The second-order valence-corrected chi connectivity index (χ2v) is 13.1. The van der Waals surface area contributed by atoms with E-state index in [0.717, 1.165) is 29.0 Å². The summed E-state index contributed by atoms with van der Waals surface area (Å²) in [7, 11) is -5.24. The normalized spacial score (nSPS) is 18.3. The number of hydrogen-bond donors (Lipinski definition) is 0. The minimum atomic E-state index is -2.66. The molecule has 168 valence electrons. The first-order chi connectivity index (χ1) is 15.1. The molecule has 31 heavy (non-hydrogen) atoms. The molecule has 5 nitrogen and oxygen atoms in total. The van der Waals surface area contributed by atoms with E-state index in [9.17, 15) is 0 Å². The van der Waals surface area contributed by atoms with Crippen molar-refractivity contribution in [2.75, 3.05) is 19.8 Å². The Hall–Kier alpha value is -1.75. The van der Waals surface area contributed by atoms with Crippen molar-refractivity contribution in [1.29, 1.82) is 0 Å². The molecule has 0 fully saturated rings. The van der Waals surface area contributed by atoms with Crippen molar-refractivity contribution >= 4 is 22.6 Å². The number of allylic oxidation sites excluding steroid dienone is 1. The number of hydrogen-bond acceptors (Lipinski definition) is 5. The zero-order chi connectivity index (χ0) is 22.2. The zero-order valence-electron chi connectivity index (χ0n) is 18.9. The molecule has 1 aliphatic heterocycles. The smallest absolute Gasteiger partial charge is 0.501 e. The predicted octanol–water partition coefficient (Wildman–Crippen LogP) is 4.72. The van der Waals surface area contributed by atoms with E-state index in [4.69, 9.17) is 22.1 Å². The summed E-state index contributed by atoms with van der Waals surface area (Å²) in [5, 5.41) is 1.13. The van der Waals surface area contributed by atoms with Crippen LogP contribution in [0.25, 0.3) is 0 Å².